The van der Waals surface area contributed by atoms with E-state index in [0.717, 1.165) is 26.2 Å². The van der Waals surface area contributed by atoms with E-state index in [1.54, 1.807) is 0 Å². The van der Waals surface area contributed by atoms with E-state index in [0.29, 0.717) is 12.6 Å². The molecule has 0 aromatic carbocycles. The van der Waals surface area contributed by atoms with Crippen LogP contribution in [0.2, 0.25) is 0 Å². The lowest BCUT2D eigenvalue weighted by atomic mass is 10.2. The van der Waals surface area contributed by atoms with Gasteiger partial charge in [-0.2, -0.15) is 0 Å². The summed E-state index contributed by atoms with van der Waals surface area (Å²) in [6.45, 7) is 6.72. The minimum absolute atomic E-state index is 0.124. The number of piperazine rings is 1. The van der Waals surface area contributed by atoms with E-state index in [-0.39, 0.29) is 6.09 Å². The van der Waals surface area contributed by atoms with Gasteiger partial charge in [0.05, 0.1) is 6.04 Å². The number of cyclic esters (lactones) is 1. The molecule has 0 radical (unpaired) electrons. The van der Waals surface area contributed by atoms with Gasteiger partial charge in [-0.1, -0.05) is 6.92 Å². The van der Waals surface area contributed by atoms with Gasteiger partial charge < -0.3 is 4.74 Å². The Morgan fingerprint density at radius 3 is 3.15 bits per heavy atom. The average Bonchev–Trinajstić information content (AvgIpc) is 2.48. The molecular formula is C9H16N2O2. The van der Waals surface area contributed by atoms with E-state index < -0.39 is 0 Å². The predicted molar refractivity (Wildman–Crippen MR) is 48.6 cm³/mol. The normalized spacial score (nSPS) is 28.8. The number of carbonyl (C=O) groups excluding carboxylic acids is 1. The molecule has 2 fully saturated rings. The molecule has 0 aromatic rings. The van der Waals surface area contributed by atoms with Crippen molar-refractivity contribution in [3.05, 3.63) is 0 Å². The second kappa shape index (κ2) is 3.54. The number of rotatable bonds is 2. The summed E-state index contributed by atoms with van der Waals surface area (Å²) in [7, 11) is 0. The maximum atomic E-state index is 11.2. The highest BCUT2D eigenvalue weighted by Crippen LogP contribution is 2.17. The Balaban J connectivity index is 1.91. The zero-order valence-corrected chi connectivity index (χ0v) is 8.03. The quantitative estimate of drug-likeness (QED) is 0.627. The van der Waals surface area contributed by atoms with Crippen LogP contribution in [0.1, 0.15) is 13.3 Å². The van der Waals surface area contributed by atoms with Gasteiger partial charge in [-0.3, -0.25) is 9.80 Å². The molecule has 2 aliphatic rings. The molecule has 4 nitrogen and oxygen atoms in total. The maximum absolute atomic E-state index is 11.2. The predicted octanol–water partition coefficient (Wildman–Crippen LogP) is 0.533. The molecule has 4 heteroatoms. The Morgan fingerprint density at radius 1 is 1.54 bits per heavy atom. The van der Waals surface area contributed by atoms with E-state index in [1.807, 2.05) is 4.90 Å². The van der Waals surface area contributed by atoms with Crippen molar-refractivity contribution < 1.29 is 9.53 Å². The molecular weight excluding hydrogens is 168 g/mol. The summed E-state index contributed by atoms with van der Waals surface area (Å²) in [6, 6.07) is 0.313. The van der Waals surface area contributed by atoms with Gasteiger partial charge >= 0.3 is 6.09 Å². The van der Waals surface area contributed by atoms with Crippen LogP contribution in [-0.4, -0.2) is 54.7 Å². The van der Waals surface area contributed by atoms with Gasteiger partial charge in [0.2, 0.25) is 0 Å². The second-order valence-electron chi connectivity index (χ2n) is 3.72. The lowest BCUT2D eigenvalue weighted by Crippen LogP contribution is -2.52. The highest BCUT2D eigenvalue weighted by molar-refractivity contribution is 5.70. The Kier molecular flexibility index (Phi) is 2.40. The molecule has 2 heterocycles. The van der Waals surface area contributed by atoms with Crippen molar-refractivity contribution in [2.24, 2.45) is 0 Å². The Hall–Kier alpha value is -0.770. The van der Waals surface area contributed by atoms with Crippen molar-refractivity contribution in [1.29, 1.82) is 0 Å². The smallest absolute Gasteiger partial charge is 0.410 e. The van der Waals surface area contributed by atoms with Gasteiger partial charge in [0.25, 0.3) is 0 Å². The molecule has 74 valence electrons. The fourth-order valence-corrected chi connectivity index (χ4v) is 2.07. The Morgan fingerprint density at radius 2 is 2.38 bits per heavy atom. The van der Waals surface area contributed by atoms with Crippen molar-refractivity contribution in [3.63, 3.8) is 0 Å². The fourth-order valence-electron chi connectivity index (χ4n) is 2.07. The molecule has 0 aliphatic carbocycles. The highest BCUT2D eigenvalue weighted by Gasteiger charge is 2.36. The largest absolute Gasteiger partial charge is 0.447 e. The SMILES string of the molecule is CCCN1CCN2C(=O)OC[C@@H]2C1. The van der Waals surface area contributed by atoms with Crippen LogP contribution in [0.3, 0.4) is 0 Å². The van der Waals surface area contributed by atoms with Crippen LogP contribution in [0.15, 0.2) is 0 Å². The molecule has 0 bridgehead atoms. The van der Waals surface area contributed by atoms with E-state index in [1.165, 1.54) is 6.42 Å². The number of carbonyl (C=O) groups is 1. The van der Waals surface area contributed by atoms with Gasteiger partial charge in [0, 0.05) is 19.6 Å². The maximum Gasteiger partial charge on any atom is 0.410 e. The van der Waals surface area contributed by atoms with Gasteiger partial charge in [0.1, 0.15) is 6.61 Å². The second-order valence-corrected chi connectivity index (χ2v) is 3.72. The van der Waals surface area contributed by atoms with E-state index in [9.17, 15) is 4.79 Å². The van der Waals surface area contributed by atoms with Gasteiger partial charge in [0.15, 0.2) is 0 Å². The van der Waals surface area contributed by atoms with Crippen LogP contribution < -0.4 is 0 Å². The van der Waals surface area contributed by atoms with E-state index in [4.69, 9.17) is 4.74 Å². The Bertz CT molecular complexity index is 208. The first-order valence-corrected chi connectivity index (χ1v) is 4.97. The fraction of sp³-hybridized carbons (Fsp3) is 0.889. The number of fused-ring (bicyclic) bond motifs is 1. The number of nitrogens with zero attached hydrogens (tertiary/aromatic N) is 2. The number of ether oxygens (including phenoxy) is 1. The molecule has 2 aliphatic heterocycles. The molecule has 1 atom stereocenters. The molecule has 0 saturated carbocycles. The average molecular weight is 184 g/mol. The first-order chi connectivity index (χ1) is 6.31. The van der Waals surface area contributed by atoms with Crippen molar-refractivity contribution in [1.82, 2.24) is 9.80 Å². The minimum atomic E-state index is -0.124. The van der Waals surface area contributed by atoms with Gasteiger partial charge in [-0.05, 0) is 13.0 Å². The summed E-state index contributed by atoms with van der Waals surface area (Å²) in [4.78, 5) is 15.4. The van der Waals surface area contributed by atoms with Gasteiger partial charge in [-0.25, -0.2) is 4.79 Å². The zero-order chi connectivity index (χ0) is 9.26. The monoisotopic (exact) mass is 184 g/mol. The zero-order valence-electron chi connectivity index (χ0n) is 8.03. The number of hydrogen-bond acceptors (Lipinski definition) is 3. The van der Waals surface area contributed by atoms with Crippen LogP contribution >= 0.6 is 0 Å². The van der Waals surface area contributed by atoms with Crippen LogP contribution in [0.4, 0.5) is 4.79 Å². The molecule has 0 N–H and O–H groups in total. The summed E-state index contributed by atoms with van der Waals surface area (Å²) >= 11 is 0. The summed E-state index contributed by atoms with van der Waals surface area (Å²) in [5.41, 5.74) is 0. The lowest BCUT2D eigenvalue weighted by Gasteiger charge is -2.35. The standard InChI is InChI=1S/C9H16N2O2/c1-2-3-10-4-5-11-8(6-10)7-13-9(11)12/h8H,2-7H2,1H3/t8-/m0/s1. The molecule has 2 rings (SSSR count). The third-order valence-corrected chi connectivity index (χ3v) is 2.74. The molecule has 0 aromatic heterocycles. The Labute approximate surface area is 78.4 Å². The van der Waals surface area contributed by atoms with E-state index >= 15 is 0 Å². The molecule has 13 heavy (non-hydrogen) atoms. The van der Waals surface area contributed by atoms with Crippen LogP contribution in [0.25, 0.3) is 0 Å². The summed E-state index contributed by atoms with van der Waals surface area (Å²) in [5.74, 6) is 0. The van der Waals surface area contributed by atoms with Crippen molar-refractivity contribution >= 4 is 6.09 Å². The topological polar surface area (TPSA) is 32.8 Å². The van der Waals surface area contributed by atoms with Crippen molar-refractivity contribution in [3.8, 4) is 0 Å². The first kappa shape index (κ1) is 8.81. The minimum Gasteiger partial charge on any atom is -0.447 e. The van der Waals surface area contributed by atoms with Gasteiger partial charge in [-0.15, -0.1) is 0 Å². The lowest BCUT2D eigenvalue weighted by molar-refractivity contribution is 0.120. The summed E-state index contributed by atoms with van der Waals surface area (Å²) < 4.78 is 4.99. The van der Waals surface area contributed by atoms with Crippen molar-refractivity contribution in [2.75, 3.05) is 32.8 Å². The van der Waals surface area contributed by atoms with Crippen LogP contribution in [-0.2, 0) is 4.74 Å². The molecule has 0 spiro atoms. The van der Waals surface area contributed by atoms with Crippen molar-refractivity contribution in [2.45, 2.75) is 19.4 Å². The first-order valence-electron chi connectivity index (χ1n) is 4.97. The number of hydrogen-bond donors (Lipinski definition) is 0. The van der Waals surface area contributed by atoms with Crippen LogP contribution in [0, 0.1) is 0 Å². The summed E-state index contributed by atoms with van der Waals surface area (Å²) in [6.07, 6.45) is 1.06. The molecule has 0 unspecified atom stereocenters. The summed E-state index contributed by atoms with van der Waals surface area (Å²) in [5, 5.41) is 0. The molecule has 2 saturated heterocycles. The van der Waals surface area contributed by atoms with E-state index in [2.05, 4.69) is 11.8 Å². The van der Waals surface area contributed by atoms with Crippen LogP contribution in [0.5, 0.6) is 0 Å². The third kappa shape index (κ3) is 1.63. The number of amides is 1. The third-order valence-electron chi connectivity index (χ3n) is 2.74. The highest BCUT2D eigenvalue weighted by atomic mass is 16.6. The molecule has 1 amide bonds.